The molecular weight excluding hydrogens is 328 g/mol. The summed E-state index contributed by atoms with van der Waals surface area (Å²) < 4.78 is 1.80. The van der Waals surface area contributed by atoms with Gasteiger partial charge in [-0.25, -0.2) is 9.48 Å². The number of carbonyl (C=O) groups is 1. The van der Waals surface area contributed by atoms with Gasteiger partial charge in [-0.3, -0.25) is 0 Å². The van der Waals surface area contributed by atoms with Gasteiger partial charge in [0.15, 0.2) is 0 Å². The van der Waals surface area contributed by atoms with Crippen molar-refractivity contribution in [2.45, 2.75) is 19.9 Å². The van der Waals surface area contributed by atoms with Gasteiger partial charge in [-0.2, -0.15) is 5.10 Å². The minimum absolute atomic E-state index is 0.182. The molecule has 0 aliphatic carbocycles. The van der Waals surface area contributed by atoms with Crippen LogP contribution >= 0.6 is 0 Å². The number of nitrogens with zero attached hydrogens (tertiary/aromatic N) is 2. The van der Waals surface area contributed by atoms with Crippen molar-refractivity contribution >= 4 is 11.7 Å². The average molecular weight is 350 g/mol. The highest BCUT2D eigenvalue weighted by molar-refractivity contribution is 5.90. The van der Waals surface area contributed by atoms with Crippen LogP contribution in [0.4, 0.5) is 10.5 Å². The number of amides is 2. The molecule has 0 radical (unpaired) electrons. The van der Waals surface area contributed by atoms with Gasteiger partial charge in [0.25, 0.3) is 0 Å². The van der Waals surface area contributed by atoms with E-state index in [0.717, 1.165) is 22.6 Å². The van der Waals surface area contributed by atoms with Crippen molar-refractivity contribution in [1.82, 2.24) is 15.1 Å². The number of anilines is 1. The van der Waals surface area contributed by atoms with Gasteiger partial charge in [-0.1, -0.05) is 48.5 Å². The van der Waals surface area contributed by atoms with Crippen molar-refractivity contribution in [1.29, 1.82) is 0 Å². The van der Waals surface area contributed by atoms with Gasteiger partial charge < -0.3 is 15.7 Å². The first-order chi connectivity index (χ1) is 12.6. The Bertz CT molecular complexity index is 876. The third-order valence-corrected chi connectivity index (χ3v) is 4.22. The van der Waals surface area contributed by atoms with Crippen LogP contribution in [0.3, 0.4) is 0 Å². The Hall–Kier alpha value is -3.12. The van der Waals surface area contributed by atoms with Crippen molar-refractivity contribution in [2.75, 3.05) is 11.9 Å². The highest BCUT2D eigenvalue weighted by Gasteiger charge is 2.18. The lowest BCUT2D eigenvalue weighted by Crippen LogP contribution is -2.34. The number of hydrogen-bond acceptors (Lipinski definition) is 3. The molecule has 0 aliphatic heterocycles. The quantitative estimate of drug-likeness (QED) is 0.660. The molecule has 0 saturated heterocycles. The number of aromatic nitrogens is 2. The predicted molar refractivity (Wildman–Crippen MR) is 101 cm³/mol. The van der Waals surface area contributed by atoms with Crippen molar-refractivity contribution in [2.24, 2.45) is 0 Å². The molecule has 1 aromatic heterocycles. The third-order valence-electron chi connectivity index (χ3n) is 4.22. The van der Waals surface area contributed by atoms with E-state index in [0.29, 0.717) is 5.69 Å². The lowest BCUT2D eigenvalue weighted by molar-refractivity contribution is 0.225. The highest BCUT2D eigenvalue weighted by atomic mass is 16.3. The van der Waals surface area contributed by atoms with E-state index in [1.165, 1.54) is 0 Å². The van der Waals surface area contributed by atoms with E-state index >= 15 is 0 Å². The summed E-state index contributed by atoms with van der Waals surface area (Å²) in [5, 5.41) is 19.8. The lowest BCUT2D eigenvalue weighted by atomic mass is 10.1. The van der Waals surface area contributed by atoms with E-state index in [9.17, 15) is 9.90 Å². The zero-order valence-electron chi connectivity index (χ0n) is 14.8. The molecule has 1 atom stereocenters. The van der Waals surface area contributed by atoms with Crippen molar-refractivity contribution in [3.05, 3.63) is 77.6 Å². The molecule has 3 N–H and O–H groups in total. The molecule has 0 spiro atoms. The largest absolute Gasteiger partial charge is 0.394 e. The molecule has 26 heavy (non-hydrogen) atoms. The zero-order valence-corrected chi connectivity index (χ0v) is 14.8. The monoisotopic (exact) mass is 350 g/mol. The molecular formula is C20H22N4O2. The van der Waals surface area contributed by atoms with E-state index < -0.39 is 6.04 Å². The molecule has 0 aliphatic rings. The molecule has 1 heterocycles. The second-order valence-electron chi connectivity index (χ2n) is 6.04. The van der Waals surface area contributed by atoms with Crippen LogP contribution in [-0.2, 0) is 0 Å². The summed E-state index contributed by atoms with van der Waals surface area (Å²) in [4.78, 5) is 12.4. The molecule has 2 aromatic carbocycles. The van der Waals surface area contributed by atoms with Crippen molar-refractivity contribution < 1.29 is 9.90 Å². The molecule has 0 saturated carbocycles. The maximum atomic E-state index is 12.4. The summed E-state index contributed by atoms with van der Waals surface area (Å²) in [6.07, 6.45) is 0. The Labute approximate surface area is 152 Å². The molecule has 3 rings (SSSR count). The number of hydrogen-bond donors (Lipinski definition) is 3. The standard InChI is InChI=1S/C20H22N4O2/c1-14-19(15(2)24(23-14)17-11-7-4-8-12-17)22-20(26)21-18(13-25)16-9-5-3-6-10-16/h3-12,18,25H,13H2,1-2H3,(H2,21,22,26)/t18-/m1/s1. The number of rotatable bonds is 5. The van der Waals surface area contributed by atoms with E-state index in [-0.39, 0.29) is 12.6 Å². The Kier molecular flexibility index (Phi) is 5.34. The van der Waals surface area contributed by atoms with Crippen LogP contribution in [-0.4, -0.2) is 27.5 Å². The number of urea groups is 1. The number of nitrogens with one attached hydrogen (secondary N) is 2. The van der Waals surface area contributed by atoms with Crippen LogP contribution in [0.1, 0.15) is 23.0 Å². The average Bonchev–Trinajstić information content (AvgIpc) is 2.95. The number of aryl methyl sites for hydroxylation is 1. The van der Waals surface area contributed by atoms with Gasteiger partial charge in [0.2, 0.25) is 0 Å². The van der Waals surface area contributed by atoms with E-state index in [1.54, 1.807) is 4.68 Å². The molecule has 0 bridgehead atoms. The van der Waals surface area contributed by atoms with Gasteiger partial charge in [0.05, 0.1) is 35.4 Å². The Balaban J connectivity index is 1.76. The Morgan fingerprint density at radius 2 is 1.69 bits per heavy atom. The van der Waals surface area contributed by atoms with Crippen LogP contribution < -0.4 is 10.6 Å². The van der Waals surface area contributed by atoms with Gasteiger partial charge >= 0.3 is 6.03 Å². The van der Waals surface area contributed by atoms with E-state index in [1.807, 2.05) is 74.5 Å². The minimum atomic E-state index is -0.471. The fourth-order valence-electron chi connectivity index (χ4n) is 2.87. The predicted octanol–water partition coefficient (Wildman–Crippen LogP) is 3.34. The van der Waals surface area contributed by atoms with Crippen LogP contribution in [0.25, 0.3) is 5.69 Å². The summed E-state index contributed by atoms with van der Waals surface area (Å²) >= 11 is 0. The van der Waals surface area contributed by atoms with Crippen LogP contribution in [0, 0.1) is 13.8 Å². The summed E-state index contributed by atoms with van der Waals surface area (Å²) in [6, 6.07) is 18.3. The fraction of sp³-hybridized carbons (Fsp3) is 0.200. The first kappa shape index (κ1) is 17.7. The zero-order chi connectivity index (χ0) is 18.5. The van der Waals surface area contributed by atoms with E-state index in [4.69, 9.17) is 0 Å². The molecule has 134 valence electrons. The molecule has 2 amide bonds. The summed E-state index contributed by atoms with van der Waals surface area (Å²) in [5.41, 5.74) is 4.00. The number of benzene rings is 2. The second kappa shape index (κ2) is 7.84. The number of aliphatic hydroxyl groups is 1. The number of aliphatic hydroxyl groups excluding tert-OH is 1. The van der Waals surface area contributed by atoms with Gasteiger partial charge in [0, 0.05) is 0 Å². The lowest BCUT2D eigenvalue weighted by Gasteiger charge is -2.17. The highest BCUT2D eigenvalue weighted by Crippen LogP contribution is 2.23. The third kappa shape index (κ3) is 3.75. The Morgan fingerprint density at radius 1 is 1.08 bits per heavy atom. The molecule has 0 fully saturated rings. The number of para-hydroxylation sites is 1. The molecule has 0 unspecified atom stereocenters. The molecule has 6 nitrogen and oxygen atoms in total. The first-order valence-corrected chi connectivity index (χ1v) is 8.45. The number of carbonyl (C=O) groups excluding carboxylic acids is 1. The van der Waals surface area contributed by atoms with Crippen LogP contribution in [0.15, 0.2) is 60.7 Å². The van der Waals surface area contributed by atoms with Gasteiger partial charge in [0.1, 0.15) is 0 Å². The second-order valence-corrected chi connectivity index (χ2v) is 6.04. The van der Waals surface area contributed by atoms with Crippen molar-refractivity contribution in [3.8, 4) is 5.69 Å². The van der Waals surface area contributed by atoms with Crippen molar-refractivity contribution in [3.63, 3.8) is 0 Å². The Morgan fingerprint density at radius 3 is 2.31 bits per heavy atom. The van der Waals surface area contributed by atoms with Crippen LogP contribution in [0.2, 0.25) is 0 Å². The SMILES string of the molecule is Cc1nn(-c2ccccc2)c(C)c1NC(=O)N[C@H](CO)c1ccccc1. The topological polar surface area (TPSA) is 79.2 Å². The molecule has 6 heteroatoms. The van der Waals surface area contributed by atoms with Crippen LogP contribution in [0.5, 0.6) is 0 Å². The molecule has 3 aromatic rings. The fourth-order valence-corrected chi connectivity index (χ4v) is 2.87. The summed E-state index contributed by atoms with van der Waals surface area (Å²) in [7, 11) is 0. The smallest absolute Gasteiger partial charge is 0.319 e. The summed E-state index contributed by atoms with van der Waals surface area (Å²) in [5.74, 6) is 0. The van der Waals surface area contributed by atoms with Gasteiger partial charge in [-0.05, 0) is 31.5 Å². The summed E-state index contributed by atoms with van der Waals surface area (Å²) in [6.45, 7) is 3.57. The maximum Gasteiger partial charge on any atom is 0.319 e. The first-order valence-electron chi connectivity index (χ1n) is 8.45. The normalized spacial score (nSPS) is 11.8. The minimum Gasteiger partial charge on any atom is -0.394 e. The van der Waals surface area contributed by atoms with E-state index in [2.05, 4.69) is 15.7 Å². The maximum absolute atomic E-state index is 12.4. The van der Waals surface area contributed by atoms with Gasteiger partial charge in [-0.15, -0.1) is 0 Å².